The lowest BCUT2D eigenvalue weighted by molar-refractivity contribution is -0.121. The highest BCUT2D eigenvalue weighted by Crippen LogP contribution is 2.13. The van der Waals surface area contributed by atoms with E-state index in [-0.39, 0.29) is 11.0 Å². The molecule has 1 heterocycles. The molecule has 0 aromatic carbocycles. The van der Waals surface area contributed by atoms with Gasteiger partial charge < -0.3 is 0 Å². The fourth-order valence-electron chi connectivity index (χ4n) is 0.721. The van der Waals surface area contributed by atoms with Crippen LogP contribution in [-0.2, 0) is 10.2 Å². The predicted molar refractivity (Wildman–Crippen MR) is 53.6 cm³/mol. The number of hydrogen-bond donors (Lipinski definition) is 2. The topological polar surface area (TPSA) is 84.0 Å². The highest BCUT2D eigenvalue weighted by atomic mass is 35.5. The van der Waals surface area contributed by atoms with Gasteiger partial charge >= 0.3 is 16.4 Å². The fraction of sp³-hybridized carbons (Fsp3) is 0.333. The zero-order chi connectivity index (χ0) is 13.1. The zero-order valence-electron chi connectivity index (χ0n) is 7.99. The van der Waals surface area contributed by atoms with Crippen LogP contribution >= 0.6 is 11.6 Å². The van der Waals surface area contributed by atoms with Crippen molar-refractivity contribution in [3.63, 3.8) is 0 Å². The summed E-state index contributed by atoms with van der Waals surface area (Å²) in [5.74, 6) is -0.246. The Labute approximate surface area is 99.4 Å². The number of anilines is 1. The molecule has 1 aromatic rings. The first kappa shape index (κ1) is 13.9. The van der Waals surface area contributed by atoms with Crippen LogP contribution in [0.3, 0.4) is 0 Å². The predicted octanol–water partition coefficient (Wildman–Crippen LogP) is 0.939. The summed E-state index contributed by atoms with van der Waals surface area (Å²) in [6.45, 7) is -1.68. The zero-order valence-corrected chi connectivity index (χ0v) is 9.57. The summed E-state index contributed by atoms with van der Waals surface area (Å²) in [5, 5.41) is 6.65. The first-order chi connectivity index (χ1) is 7.68. The lowest BCUT2D eigenvalue weighted by Crippen LogP contribution is -2.37. The molecule has 1 aromatic heterocycles. The number of rotatable bonds is 4. The summed E-state index contributed by atoms with van der Waals surface area (Å²) in [6.07, 6.45) is -4.64. The van der Waals surface area contributed by atoms with Crippen molar-refractivity contribution in [1.29, 1.82) is 0 Å². The number of alkyl halides is 3. The molecule has 0 spiro atoms. The molecule has 0 unspecified atom stereocenters. The molecule has 11 heteroatoms. The van der Waals surface area contributed by atoms with Crippen molar-refractivity contribution in [2.45, 2.75) is 6.18 Å². The molecule has 0 aliphatic rings. The van der Waals surface area contributed by atoms with Gasteiger partial charge in [-0.05, 0) is 12.1 Å². The Morgan fingerprint density at radius 1 is 1.29 bits per heavy atom. The van der Waals surface area contributed by atoms with Crippen LogP contribution in [0.25, 0.3) is 0 Å². The third-order valence-electron chi connectivity index (χ3n) is 1.33. The quantitative estimate of drug-likeness (QED) is 0.864. The van der Waals surface area contributed by atoms with Crippen LogP contribution in [0, 0.1) is 0 Å². The van der Waals surface area contributed by atoms with Gasteiger partial charge in [0.05, 0.1) is 0 Å². The van der Waals surface area contributed by atoms with E-state index in [1.807, 2.05) is 0 Å². The van der Waals surface area contributed by atoms with Crippen molar-refractivity contribution < 1.29 is 21.6 Å². The largest absolute Gasteiger partial charge is 0.402 e. The first-order valence-electron chi connectivity index (χ1n) is 4.01. The molecule has 0 saturated heterocycles. The van der Waals surface area contributed by atoms with E-state index in [0.717, 1.165) is 6.07 Å². The summed E-state index contributed by atoms with van der Waals surface area (Å²) in [4.78, 5) is 0. The van der Waals surface area contributed by atoms with Gasteiger partial charge in [-0.3, -0.25) is 4.72 Å². The van der Waals surface area contributed by atoms with Crippen molar-refractivity contribution in [3.05, 3.63) is 17.3 Å². The Balaban J connectivity index is 2.64. The van der Waals surface area contributed by atoms with Crippen LogP contribution in [0.5, 0.6) is 0 Å². The van der Waals surface area contributed by atoms with Gasteiger partial charge in [-0.25, -0.2) is 0 Å². The molecule has 0 amide bonds. The van der Waals surface area contributed by atoms with Crippen LogP contribution < -0.4 is 9.44 Å². The Kier molecular flexibility index (Phi) is 4.11. The molecule has 0 atom stereocenters. The van der Waals surface area contributed by atoms with E-state index >= 15 is 0 Å². The van der Waals surface area contributed by atoms with E-state index < -0.39 is 22.9 Å². The van der Waals surface area contributed by atoms with Crippen molar-refractivity contribution in [3.8, 4) is 0 Å². The summed E-state index contributed by atoms with van der Waals surface area (Å²) in [7, 11) is -4.35. The maximum atomic E-state index is 11.8. The Hall–Kier alpha value is -1.13. The van der Waals surface area contributed by atoms with E-state index in [1.165, 1.54) is 10.8 Å². The molecule has 0 fully saturated rings. The fourth-order valence-corrected chi connectivity index (χ4v) is 1.63. The molecule has 2 N–H and O–H groups in total. The van der Waals surface area contributed by atoms with Gasteiger partial charge in [0.1, 0.15) is 6.54 Å². The van der Waals surface area contributed by atoms with E-state index in [9.17, 15) is 21.6 Å². The Morgan fingerprint density at radius 2 is 1.94 bits per heavy atom. The Morgan fingerprint density at radius 3 is 2.41 bits per heavy atom. The van der Waals surface area contributed by atoms with Crippen molar-refractivity contribution in [1.82, 2.24) is 14.9 Å². The standard InChI is InChI=1S/C6H6ClF3N4O2S/c7-4-1-2-5(13-12-4)14-17(15,16)11-3-6(8,9)10/h1-2,11H,3H2,(H,13,14). The molecule has 0 saturated carbocycles. The molecule has 0 aliphatic carbocycles. The maximum Gasteiger partial charge on any atom is 0.402 e. The summed E-state index contributed by atoms with van der Waals surface area (Å²) in [5.41, 5.74) is 0. The molecule has 0 bridgehead atoms. The smallest absolute Gasteiger partial charge is 0.253 e. The number of hydrogen-bond acceptors (Lipinski definition) is 4. The van der Waals surface area contributed by atoms with E-state index in [4.69, 9.17) is 11.6 Å². The van der Waals surface area contributed by atoms with Crippen LogP contribution in [-0.4, -0.2) is 31.3 Å². The van der Waals surface area contributed by atoms with Crippen molar-refractivity contribution >= 4 is 27.6 Å². The number of halogens is 4. The molecular formula is C6H6ClF3N4O2S. The molecule has 6 nitrogen and oxygen atoms in total. The third-order valence-corrected chi connectivity index (χ3v) is 2.54. The second-order valence-electron chi connectivity index (χ2n) is 2.78. The van der Waals surface area contributed by atoms with Gasteiger partial charge in [-0.2, -0.15) is 26.3 Å². The lowest BCUT2D eigenvalue weighted by Gasteiger charge is -2.09. The summed E-state index contributed by atoms with van der Waals surface area (Å²) >= 11 is 5.39. The van der Waals surface area contributed by atoms with Gasteiger partial charge in [-0.15, -0.1) is 10.2 Å². The lowest BCUT2D eigenvalue weighted by atomic mass is 10.5. The normalized spacial score (nSPS) is 12.5. The number of nitrogens with one attached hydrogen (secondary N) is 2. The average molecular weight is 291 g/mol. The van der Waals surface area contributed by atoms with Crippen LogP contribution in [0.4, 0.5) is 19.0 Å². The van der Waals surface area contributed by atoms with E-state index in [2.05, 4.69) is 10.2 Å². The van der Waals surface area contributed by atoms with Crippen LogP contribution in [0.15, 0.2) is 12.1 Å². The molecular weight excluding hydrogens is 285 g/mol. The van der Waals surface area contributed by atoms with Gasteiger partial charge in [0.2, 0.25) is 0 Å². The molecule has 0 aliphatic heterocycles. The molecule has 0 radical (unpaired) electrons. The second-order valence-corrected chi connectivity index (χ2v) is 4.67. The minimum atomic E-state index is -4.64. The Bertz CT molecular complexity index is 475. The van der Waals surface area contributed by atoms with Crippen LogP contribution in [0.2, 0.25) is 5.15 Å². The van der Waals surface area contributed by atoms with Gasteiger partial charge in [0.25, 0.3) is 0 Å². The highest BCUT2D eigenvalue weighted by Gasteiger charge is 2.29. The van der Waals surface area contributed by atoms with Gasteiger partial charge in [0, 0.05) is 0 Å². The van der Waals surface area contributed by atoms with Gasteiger partial charge in [0.15, 0.2) is 11.0 Å². The summed E-state index contributed by atoms with van der Waals surface area (Å²) < 4.78 is 60.6. The maximum absolute atomic E-state index is 11.8. The number of aromatic nitrogens is 2. The highest BCUT2D eigenvalue weighted by molar-refractivity contribution is 7.90. The average Bonchev–Trinajstić information content (AvgIpc) is 2.18. The van der Waals surface area contributed by atoms with Crippen molar-refractivity contribution in [2.24, 2.45) is 0 Å². The molecule has 96 valence electrons. The third kappa shape index (κ3) is 5.65. The SMILES string of the molecule is O=S(=O)(NCC(F)(F)F)Nc1ccc(Cl)nn1. The van der Waals surface area contributed by atoms with Crippen molar-refractivity contribution in [2.75, 3.05) is 11.3 Å². The second kappa shape index (κ2) is 5.02. The van der Waals surface area contributed by atoms with E-state index in [1.54, 1.807) is 4.72 Å². The van der Waals surface area contributed by atoms with E-state index in [0.29, 0.717) is 0 Å². The minimum Gasteiger partial charge on any atom is -0.253 e. The first-order valence-corrected chi connectivity index (χ1v) is 5.87. The summed E-state index contributed by atoms with van der Waals surface area (Å²) in [6, 6.07) is 2.39. The molecule has 17 heavy (non-hydrogen) atoms. The molecule has 1 rings (SSSR count). The monoisotopic (exact) mass is 290 g/mol. The number of nitrogens with zero attached hydrogens (tertiary/aromatic N) is 2. The minimum absolute atomic E-state index is 0.0243. The van der Waals surface area contributed by atoms with Crippen LogP contribution in [0.1, 0.15) is 0 Å². The van der Waals surface area contributed by atoms with Gasteiger partial charge in [-0.1, -0.05) is 11.6 Å².